The van der Waals surface area contributed by atoms with Crippen molar-refractivity contribution in [3.63, 3.8) is 0 Å². The highest BCUT2D eigenvalue weighted by molar-refractivity contribution is 6.31. The first-order valence-electron chi connectivity index (χ1n) is 6.53. The van der Waals surface area contributed by atoms with Crippen LogP contribution in [0.25, 0.3) is 0 Å². The molecule has 0 radical (unpaired) electrons. The summed E-state index contributed by atoms with van der Waals surface area (Å²) in [5, 5.41) is 4.78. The van der Waals surface area contributed by atoms with Crippen molar-refractivity contribution >= 4 is 11.6 Å². The van der Waals surface area contributed by atoms with Crippen LogP contribution in [0.1, 0.15) is 36.5 Å². The van der Waals surface area contributed by atoms with E-state index in [1.54, 1.807) is 0 Å². The minimum Gasteiger partial charge on any atom is -0.339 e. The summed E-state index contributed by atoms with van der Waals surface area (Å²) in [4.78, 5) is 4.40. The molecule has 0 atom stereocenters. The van der Waals surface area contributed by atoms with E-state index in [1.807, 2.05) is 24.3 Å². The first kappa shape index (κ1) is 12.6. The number of aryl methyl sites for hydroxylation is 2. The molecule has 2 aromatic rings. The van der Waals surface area contributed by atoms with Gasteiger partial charge in [0.25, 0.3) is 0 Å². The molecule has 0 aliphatic heterocycles. The van der Waals surface area contributed by atoms with Gasteiger partial charge in [-0.15, -0.1) is 0 Å². The number of rotatable bonds is 4. The lowest BCUT2D eigenvalue weighted by atomic mass is 9.77. The fraction of sp³-hybridized carbons (Fsp3) is 0.429. The highest BCUT2D eigenvalue weighted by Crippen LogP contribution is 2.36. The Morgan fingerprint density at radius 2 is 2.05 bits per heavy atom. The predicted octanol–water partition coefficient (Wildman–Crippen LogP) is 2.85. The molecule has 2 N–H and O–H groups in total. The van der Waals surface area contributed by atoms with Gasteiger partial charge in [0.1, 0.15) is 0 Å². The van der Waals surface area contributed by atoms with Crippen molar-refractivity contribution in [3.05, 3.63) is 46.6 Å². The molecular formula is C14H16ClN3O. The summed E-state index contributed by atoms with van der Waals surface area (Å²) >= 11 is 6.11. The molecule has 1 aliphatic carbocycles. The van der Waals surface area contributed by atoms with Crippen molar-refractivity contribution in [2.24, 2.45) is 5.73 Å². The molecule has 0 unspecified atom stereocenters. The fourth-order valence-corrected chi connectivity index (χ4v) is 2.51. The third-order valence-electron chi connectivity index (χ3n) is 3.73. The Kier molecular flexibility index (Phi) is 3.29. The first-order valence-corrected chi connectivity index (χ1v) is 6.90. The highest BCUT2D eigenvalue weighted by atomic mass is 35.5. The molecule has 0 saturated heterocycles. The van der Waals surface area contributed by atoms with Gasteiger partial charge in [-0.1, -0.05) is 35.0 Å². The van der Waals surface area contributed by atoms with Gasteiger partial charge in [-0.25, -0.2) is 0 Å². The van der Waals surface area contributed by atoms with Gasteiger partial charge >= 0.3 is 0 Å². The maximum atomic E-state index is 6.16. The van der Waals surface area contributed by atoms with Gasteiger partial charge in [0, 0.05) is 11.4 Å². The molecule has 1 fully saturated rings. The SMILES string of the molecule is NC1(c2noc(CCc3ccccc3Cl)n2)CCC1. The minimum absolute atomic E-state index is 0.355. The lowest BCUT2D eigenvalue weighted by molar-refractivity contribution is 0.229. The molecule has 4 nitrogen and oxygen atoms in total. The van der Waals surface area contributed by atoms with Crippen LogP contribution in [0.15, 0.2) is 28.8 Å². The molecule has 1 aliphatic rings. The van der Waals surface area contributed by atoms with E-state index in [9.17, 15) is 0 Å². The molecule has 100 valence electrons. The van der Waals surface area contributed by atoms with Crippen LogP contribution in [0.5, 0.6) is 0 Å². The number of halogens is 1. The topological polar surface area (TPSA) is 64.9 Å². The third-order valence-corrected chi connectivity index (χ3v) is 4.09. The van der Waals surface area contributed by atoms with Gasteiger partial charge < -0.3 is 10.3 Å². The highest BCUT2D eigenvalue weighted by Gasteiger charge is 2.38. The predicted molar refractivity (Wildman–Crippen MR) is 72.9 cm³/mol. The molecule has 1 saturated carbocycles. The summed E-state index contributed by atoms with van der Waals surface area (Å²) in [5.41, 5.74) is 6.90. The molecule has 3 rings (SSSR count). The quantitative estimate of drug-likeness (QED) is 0.933. The van der Waals surface area contributed by atoms with Crippen molar-refractivity contribution in [1.29, 1.82) is 0 Å². The Labute approximate surface area is 117 Å². The second-order valence-electron chi connectivity index (χ2n) is 5.11. The average molecular weight is 278 g/mol. The smallest absolute Gasteiger partial charge is 0.227 e. The molecule has 1 aromatic carbocycles. The largest absolute Gasteiger partial charge is 0.339 e. The molecule has 0 spiro atoms. The van der Waals surface area contributed by atoms with E-state index >= 15 is 0 Å². The zero-order valence-corrected chi connectivity index (χ0v) is 11.4. The molecule has 1 heterocycles. The zero-order chi connectivity index (χ0) is 13.3. The van der Waals surface area contributed by atoms with Crippen molar-refractivity contribution in [1.82, 2.24) is 10.1 Å². The van der Waals surface area contributed by atoms with Crippen molar-refractivity contribution in [3.8, 4) is 0 Å². The van der Waals surface area contributed by atoms with Crippen LogP contribution in [-0.2, 0) is 18.4 Å². The molecule has 19 heavy (non-hydrogen) atoms. The number of hydrogen-bond acceptors (Lipinski definition) is 4. The Balaban J connectivity index is 1.66. The van der Waals surface area contributed by atoms with Gasteiger partial charge in [0.15, 0.2) is 5.82 Å². The minimum atomic E-state index is -0.355. The van der Waals surface area contributed by atoms with Crippen LogP contribution in [0, 0.1) is 0 Å². The van der Waals surface area contributed by atoms with Gasteiger partial charge in [-0.2, -0.15) is 4.98 Å². The molecule has 0 bridgehead atoms. The number of nitrogens with zero attached hydrogens (tertiary/aromatic N) is 2. The van der Waals surface area contributed by atoms with Gasteiger partial charge in [-0.05, 0) is 37.3 Å². The second-order valence-corrected chi connectivity index (χ2v) is 5.52. The average Bonchev–Trinajstić information content (AvgIpc) is 2.84. The molecular weight excluding hydrogens is 262 g/mol. The standard InChI is InChI=1S/C14H16ClN3O/c15-11-5-2-1-4-10(11)6-7-12-17-13(18-19-12)14(16)8-3-9-14/h1-2,4-5H,3,6-9,16H2. The maximum Gasteiger partial charge on any atom is 0.227 e. The van der Waals surface area contributed by atoms with Crippen LogP contribution < -0.4 is 5.73 Å². The maximum absolute atomic E-state index is 6.16. The molecule has 5 heteroatoms. The van der Waals surface area contributed by atoms with Crippen molar-refractivity contribution < 1.29 is 4.52 Å². The molecule has 1 aromatic heterocycles. The monoisotopic (exact) mass is 277 g/mol. The van der Waals surface area contributed by atoms with Gasteiger partial charge in [-0.3, -0.25) is 0 Å². The zero-order valence-electron chi connectivity index (χ0n) is 10.6. The Morgan fingerprint density at radius 3 is 2.74 bits per heavy atom. The van der Waals surface area contributed by atoms with Gasteiger partial charge in [0.2, 0.25) is 5.89 Å². The lowest BCUT2D eigenvalue weighted by Crippen LogP contribution is -2.44. The lowest BCUT2D eigenvalue weighted by Gasteiger charge is -2.34. The van der Waals surface area contributed by atoms with Crippen LogP contribution >= 0.6 is 11.6 Å². The third kappa shape index (κ3) is 2.51. The van der Waals surface area contributed by atoms with E-state index in [0.29, 0.717) is 18.1 Å². The van der Waals surface area contributed by atoms with Crippen LogP contribution in [0.3, 0.4) is 0 Å². The molecule has 0 amide bonds. The van der Waals surface area contributed by atoms with Crippen LogP contribution in [0.2, 0.25) is 5.02 Å². The van der Waals surface area contributed by atoms with E-state index in [1.165, 1.54) is 0 Å². The summed E-state index contributed by atoms with van der Waals surface area (Å²) in [6, 6.07) is 7.80. The van der Waals surface area contributed by atoms with E-state index < -0.39 is 0 Å². The van der Waals surface area contributed by atoms with E-state index in [2.05, 4.69) is 10.1 Å². The Hall–Kier alpha value is -1.39. The second kappa shape index (κ2) is 4.94. The van der Waals surface area contributed by atoms with E-state index in [0.717, 1.165) is 36.3 Å². The normalized spacial score (nSPS) is 17.2. The van der Waals surface area contributed by atoms with Gasteiger partial charge in [0.05, 0.1) is 5.54 Å². The number of aromatic nitrogens is 2. The first-order chi connectivity index (χ1) is 9.17. The summed E-state index contributed by atoms with van der Waals surface area (Å²) in [6.45, 7) is 0. The van der Waals surface area contributed by atoms with Crippen molar-refractivity contribution in [2.75, 3.05) is 0 Å². The number of benzene rings is 1. The summed E-state index contributed by atoms with van der Waals surface area (Å²) in [5.74, 6) is 1.28. The fourth-order valence-electron chi connectivity index (χ4n) is 2.28. The summed E-state index contributed by atoms with van der Waals surface area (Å²) < 4.78 is 5.26. The van der Waals surface area contributed by atoms with Crippen LogP contribution in [0.4, 0.5) is 0 Å². The van der Waals surface area contributed by atoms with Crippen LogP contribution in [-0.4, -0.2) is 10.1 Å². The van der Waals surface area contributed by atoms with Crippen molar-refractivity contribution in [2.45, 2.75) is 37.6 Å². The Bertz CT molecular complexity index is 578. The summed E-state index contributed by atoms with van der Waals surface area (Å²) in [7, 11) is 0. The van der Waals surface area contributed by atoms with E-state index in [4.69, 9.17) is 21.9 Å². The summed E-state index contributed by atoms with van der Waals surface area (Å²) in [6.07, 6.45) is 4.50. The number of hydrogen-bond donors (Lipinski definition) is 1. The Morgan fingerprint density at radius 1 is 1.26 bits per heavy atom. The number of nitrogens with two attached hydrogens (primary N) is 1. The van der Waals surface area contributed by atoms with E-state index in [-0.39, 0.29) is 5.54 Å².